The monoisotopic (exact) mass is 228 g/mol. The molecule has 0 saturated heterocycles. The molecule has 0 aliphatic carbocycles. The van der Waals surface area contributed by atoms with Crippen molar-refractivity contribution in [3.8, 4) is 0 Å². The second kappa shape index (κ2) is 5.52. The van der Waals surface area contributed by atoms with Crippen LogP contribution in [0.1, 0.15) is 31.1 Å². The van der Waals surface area contributed by atoms with E-state index in [2.05, 4.69) is 13.8 Å². The third-order valence-electron chi connectivity index (χ3n) is 2.10. The Morgan fingerprint density at radius 3 is 2.67 bits per heavy atom. The summed E-state index contributed by atoms with van der Waals surface area (Å²) in [6.07, 6.45) is -0.711. The molecule has 0 heterocycles. The van der Waals surface area contributed by atoms with E-state index in [9.17, 15) is 9.50 Å². The summed E-state index contributed by atoms with van der Waals surface area (Å²) in [5.41, 5.74) is 1.38. The second-order valence-corrected chi connectivity index (χ2v) is 5.53. The fraction of sp³-hybridized carbons (Fsp3) is 0.500. The predicted molar refractivity (Wildman–Crippen MR) is 63.7 cm³/mol. The molecule has 1 aromatic rings. The lowest BCUT2D eigenvalue weighted by molar-refractivity contribution is 0.199. The van der Waals surface area contributed by atoms with Gasteiger partial charge < -0.3 is 5.11 Å². The zero-order chi connectivity index (χ0) is 11.4. The lowest BCUT2D eigenvalue weighted by Crippen LogP contribution is -2.05. The molecule has 3 heteroatoms. The number of aliphatic hydroxyl groups excluding tert-OH is 1. The van der Waals surface area contributed by atoms with E-state index in [-0.39, 0.29) is 5.82 Å². The lowest BCUT2D eigenvalue weighted by atomic mass is 10.1. The molecule has 1 unspecified atom stereocenters. The highest BCUT2D eigenvalue weighted by Crippen LogP contribution is 2.23. The fourth-order valence-electron chi connectivity index (χ4n) is 1.29. The van der Waals surface area contributed by atoms with Gasteiger partial charge in [0.25, 0.3) is 0 Å². The summed E-state index contributed by atoms with van der Waals surface area (Å²) in [5, 5.41) is 10.3. The van der Waals surface area contributed by atoms with Crippen molar-refractivity contribution in [2.75, 3.05) is 5.75 Å². The molecule has 0 bridgehead atoms. The van der Waals surface area contributed by atoms with Gasteiger partial charge in [0.2, 0.25) is 0 Å². The number of hydrogen-bond acceptors (Lipinski definition) is 2. The summed E-state index contributed by atoms with van der Waals surface area (Å²) in [7, 11) is 0. The van der Waals surface area contributed by atoms with Crippen LogP contribution < -0.4 is 0 Å². The van der Waals surface area contributed by atoms with Crippen LogP contribution in [-0.4, -0.2) is 16.1 Å². The van der Waals surface area contributed by atoms with Crippen molar-refractivity contribution >= 4 is 11.8 Å². The fourth-order valence-corrected chi connectivity index (χ4v) is 2.04. The summed E-state index contributed by atoms with van der Waals surface area (Å²) in [6.45, 7) is 6.01. The topological polar surface area (TPSA) is 20.2 Å². The number of rotatable bonds is 4. The minimum atomic E-state index is -0.711. The highest BCUT2D eigenvalue weighted by atomic mass is 32.2. The Labute approximate surface area is 94.7 Å². The summed E-state index contributed by atoms with van der Waals surface area (Å²) >= 11 is 1.63. The van der Waals surface area contributed by atoms with E-state index < -0.39 is 6.10 Å². The van der Waals surface area contributed by atoms with E-state index in [0.29, 0.717) is 16.6 Å². The molecule has 15 heavy (non-hydrogen) atoms. The van der Waals surface area contributed by atoms with Crippen molar-refractivity contribution in [3.63, 3.8) is 0 Å². The normalized spacial score (nSPS) is 13.2. The first-order valence-electron chi connectivity index (χ1n) is 5.06. The van der Waals surface area contributed by atoms with Crippen molar-refractivity contribution < 1.29 is 9.50 Å². The van der Waals surface area contributed by atoms with Gasteiger partial charge in [-0.15, -0.1) is 0 Å². The molecule has 1 atom stereocenters. The van der Waals surface area contributed by atoms with Crippen LogP contribution in [0, 0.1) is 12.7 Å². The molecule has 0 fully saturated rings. The van der Waals surface area contributed by atoms with Gasteiger partial charge in [0, 0.05) is 11.3 Å². The minimum absolute atomic E-state index is 0.322. The first-order chi connectivity index (χ1) is 7.00. The third kappa shape index (κ3) is 3.84. The number of halogens is 1. The molecule has 84 valence electrons. The summed E-state index contributed by atoms with van der Waals surface area (Å²) in [4.78, 5) is 0. The van der Waals surface area contributed by atoms with Gasteiger partial charge >= 0.3 is 0 Å². The van der Waals surface area contributed by atoms with Crippen LogP contribution >= 0.6 is 11.8 Å². The maximum atomic E-state index is 13.4. The number of hydrogen-bond donors (Lipinski definition) is 1. The number of aryl methyl sites for hydroxylation is 1. The van der Waals surface area contributed by atoms with Crippen molar-refractivity contribution in [1.82, 2.24) is 0 Å². The van der Waals surface area contributed by atoms with Gasteiger partial charge in [-0.2, -0.15) is 11.8 Å². The van der Waals surface area contributed by atoms with E-state index in [1.807, 2.05) is 6.92 Å². The largest absolute Gasteiger partial charge is 0.387 e. The zero-order valence-electron chi connectivity index (χ0n) is 9.33. The van der Waals surface area contributed by atoms with Crippen LogP contribution in [0.25, 0.3) is 0 Å². The van der Waals surface area contributed by atoms with Gasteiger partial charge in [-0.05, 0) is 18.2 Å². The van der Waals surface area contributed by atoms with E-state index >= 15 is 0 Å². The highest BCUT2D eigenvalue weighted by molar-refractivity contribution is 7.99. The Kier molecular flexibility index (Phi) is 4.61. The van der Waals surface area contributed by atoms with E-state index in [1.54, 1.807) is 23.9 Å². The highest BCUT2D eigenvalue weighted by Gasteiger charge is 2.13. The summed E-state index contributed by atoms with van der Waals surface area (Å²) in [5.74, 6) is 0.218. The Balaban J connectivity index is 2.72. The summed E-state index contributed by atoms with van der Waals surface area (Å²) in [6, 6.07) is 4.83. The van der Waals surface area contributed by atoms with E-state index in [1.165, 1.54) is 6.07 Å². The molecule has 0 spiro atoms. The standard InChI is InChI=1S/C12H17FOS/c1-8(2)15-7-12(14)10-6-9(3)4-5-11(10)13/h4-6,8,12,14H,7H2,1-3H3. The van der Waals surface area contributed by atoms with Crippen LogP contribution in [0.3, 0.4) is 0 Å². The average molecular weight is 228 g/mol. The van der Waals surface area contributed by atoms with Crippen LogP contribution in [0.4, 0.5) is 4.39 Å². The minimum Gasteiger partial charge on any atom is -0.387 e. The average Bonchev–Trinajstić information content (AvgIpc) is 2.18. The molecule has 0 radical (unpaired) electrons. The van der Waals surface area contributed by atoms with Gasteiger partial charge in [0.15, 0.2) is 0 Å². The van der Waals surface area contributed by atoms with Gasteiger partial charge in [-0.3, -0.25) is 0 Å². The van der Waals surface area contributed by atoms with E-state index in [4.69, 9.17) is 0 Å². The number of benzene rings is 1. The maximum absolute atomic E-state index is 13.4. The Morgan fingerprint density at radius 1 is 1.40 bits per heavy atom. The number of thioether (sulfide) groups is 1. The van der Waals surface area contributed by atoms with Crippen molar-refractivity contribution in [2.24, 2.45) is 0 Å². The van der Waals surface area contributed by atoms with Gasteiger partial charge in [0.1, 0.15) is 5.82 Å². The molecule has 0 aliphatic heterocycles. The summed E-state index contributed by atoms with van der Waals surface area (Å²) < 4.78 is 13.4. The molecular weight excluding hydrogens is 211 g/mol. The van der Waals surface area contributed by atoms with Gasteiger partial charge in [-0.25, -0.2) is 4.39 Å². The molecule has 0 aliphatic rings. The van der Waals surface area contributed by atoms with Gasteiger partial charge in [0.05, 0.1) is 6.10 Å². The van der Waals surface area contributed by atoms with Crippen molar-refractivity contribution in [2.45, 2.75) is 32.1 Å². The Morgan fingerprint density at radius 2 is 2.07 bits per heavy atom. The van der Waals surface area contributed by atoms with Crippen LogP contribution in [0.15, 0.2) is 18.2 Å². The molecule has 1 N–H and O–H groups in total. The Bertz CT molecular complexity index is 325. The molecule has 1 aromatic carbocycles. The third-order valence-corrected chi connectivity index (χ3v) is 3.27. The van der Waals surface area contributed by atoms with Crippen LogP contribution in [0.5, 0.6) is 0 Å². The SMILES string of the molecule is Cc1ccc(F)c(C(O)CSC(C)C)c1. The number of aliphatic hydroxyl groups is 1. The first-order valence-corrected chi connectivity index (χ1v) is 6.11. The quantitative estimate of drug-likeness (QED) is 0.853. The second-order valence-electron chi connectivity index (χ2n) is 3.92. The molecule has 1 nitrogen and oxygen atoms in total. The van der Waals surface area contributed by atoms with Gasteiger partial charge in [-0.1, -0.05) is 31.5 Å². The lowest BCUT2D eigenvalue weighted by Gasteiger charge is -2.13. The van der Waals surface area contributed by atoms with Crippen LogP contribution in [-0.2, 0) is 0 Å². The van der Waals surface area contributed by atoms with Crippen molar-refractivity contribution in [3.05, 3.63) is 35.1 Å². The smallest absolute Gasteiger partial charge is 0.129 e. The maximum Gasteiger partial charge on any atom is 0.129 e. The molecule has 0 saturated carbocycles. The van der Waals surface area contributed by atoms with E-state index in [0.717, 1.165) is 5.56 Å². The van der Waals surface area contributed by atoms with Crippen molar-refractivity contribution in [1.29, 1.82) is 0 Å². The van der Waals surface area contributed by atoms with Crippen LogP contribution in [0.2, 0.25) is 0 Å². The molecule has 0 aromatic heterocycles. The molecule has 0 amide bonds. The molecule has 1 rings (SSSR count). The zero-order valence-corrected chi connectivity index (χ0v) is 10.1. The Hall–Kier alpha value is -0.540. The molecular formula is C12H17FOS. The predicted octanol–water partition coefficient (Wildman–Crippen LogP) is 3.31. The first kappa shape index (κ1) is 12.5.